The average molecular weight is 252 g/mol. The molecule has 2 rings (SSSR count). The third-order valence-corrected chi connectivity index (χ3v) is 4.28. The van der Waals surface area contributed by atoms with Crippen LogP contribution in [0.1, 0.15) is 37.7 Å². The summed E-state index contributed by atoms with van der Waals surface area (Å²) in [4.78, 5) is 2.27. The summed E-state index contributed by atoms with van der Waals surface area (Å²) >= 11 is 5.96. The molecular weight excluding hydrogens is 230 g/mol. The highest BCUT2D eigenvalue weighted by Crippen LogP contribution is 2.47. The Labute approximate surface area is 110 Å². The van der Waals surface area contributed by atoms with E-state index in [4.69, 9.17) is 11.6 Å². The summed E-state index contributed by atoms with van der Waals surface area (Å²) < 4.78 is 0. The summed E-state index contributed by atoms with van der Waals surface area (Å²) in [5.41, 5.74) is 1.95. The number of nitrogens with zero attached hydrogens (tertiary/aromatic N) is 1. The molecule has 0 aromatic heterocycles. The van der Waals surface area contributed by atoms with Gasteiger partial charge in [-0.1, -0.05) is 30.2 Å². The fourth-order valence-electron chi connectivity index (χ4n) is 2.82. The average Bonchev–Trinajstić information content (AvgIpc) is 2.23. The predicted octanol–water partition coefficient (Wildman–Crippen LogP) is 4.10. The first-order valence-electron chi connectivity index (χ1n) is 6.53. The number of hydrogen-bond donors (Lipinski definition) is 0. The van der Waals surface area contributed by atoms with E-state index in [2.05, 4.69) is 31.1 Å². The van der Waals surface area contributed by atoms with Crippen molar-refractivity contribution >= 4 is 11.6 Å². The lowest BCUT2D eigenvalue weighted by Crippen LogP contribution is -2.34. The third kappa shape index (κ3) is 3.02. The lowest BCUT2D eigenvalue weighted by atomic mass is 9.62. The van der Waals surface area contributed by atoms with E-state index in [1.807, 2.05) is 12.1 Å². The van der Waals surface area contributed by atoms with E-state index < -0.39 is 0 Å². The van der Waals surface area contributed by atoms with Crippen LogP contribution in [-0.4, -0.2) is 25.5 Å². The van der Waals surface area contributed by atoms with Crippen molar-refractivity contribution in [2.45, 2.75) is 37.5 Å². The summed E-state index contributed by atoms with van der Waals surface area (Å²) in [5.74, 6) is 0. The zero-order chi connectivity index (χ0) is 12.3. The molecule has 1 fully saturated rings. The van der Waals surface area contributed by atoms with E-state index in [9.17, 15) is 0 Å². The Morgan fingerprint density at radius 2 is 1.82 bits per heavy atom. The van der Waals surface area contributed by atoms with Gasteiger partial charge in [0, 0.05) is 5.02 Å². The summed E-state index contributed by atoms with van der Waals surface area (Å²) in [6.45, 7) is 1.19. The zero-order valence-corrected chi connectivity index (χ0v) is 11.6. The number of rotatable bonds is 5. The van der Waals surface area contributed by atoms with Crippen molar-refractivity contribution in [2.75, 3.05) is 20.6 Å². The second-order valence-electron chi connectivity index (χ2n) is 5.55. The monoisotopic (exact) mass is 251 g/mol. The summed E-state index contributed by atoms with van der Waals surface area (Å²) in [5, 5.41) is 0.844. The van der Waals surface area contributed by atoms with Gasteiger partial charge in [-0.3, -0.25) is 0 Å². The highest BCUT2D eigenvalue weighted by molar-refractivity contribution is 6.30. The summed E-state index contributed by atoms with van der Waals surface area (Å²) in [6, 6.07) is 8.50. The van der Waals surface area contributed by atoms with Crippen LogP contribution in [0.2, 0.25) is 5.02 Å². The number of halogens is 1. The van der Waals surface area contributed by atoms with Gasteiger partial charge in [-0.05, 0) is 69.4 Å². The van der Waals surface area contributed by atoms with Crippen LogP contribution < -0.4 is 0 Å². The van der Waals surface area contributed by atoms with Crippen molar-refractivity contribution in [1.82, 2.24) is 4.90 Å². The number of benzene rings is 1. The molecule has 0 radical (unpaired) electrons. The highest BCUT2D eigenvalue weighted by Gasteiger charge is 2.37. The Bertz CT molecular complexity index is 352. The molecule has 1 aromatic carbocycles. The lowest BCUT2D eigenvalue weighted by molar-refractivity contribution is 0.211. The molecule has 0 spiro atoms. The molecule has 1 aromatic rings. The zero-order valence-electron chi connectivity index (χ0n) is 10.9. The molecule has 94 valence electrons. The van der Waals surface area contributed by atoms with Gasteiger partial charge in [-0.2, -0.15) is 0 Å². The van der Waals surface area contributed by atoms with Gasteiger partial charge in [0.25, 0.3) is 0 Å². The lowest BCUT2D eigenvalue weighted by Gasteiger charge is -2.43. The van der Waals surface area contributed by atoms with Crippen molar-refractivity contribution < 1.29 is 0 Å². The molecule has 0 amide bonds. The van der Waals surface area contributed by atoms with E-state index in [0.717, 1.165) is 5.02 Å². The van der Waals surface area contributed by atoms with Crippen molar-refractivity contribution in [3.8, 4) is 0 Å². The molecule has 2 heteroatoms. The fourth-order valence-corrected chi connectivity index (χ4v) is 2.95. The maximum Gasteiger partial charge on any atom is 0.0406 e. The molecule has 0 bridgehead atoms. The Hall–Kier alpha value is -0.530. The number of hydrogen-bond acceptors (Lipinski definition) is 1. The van der Waals surface area contributed by atoms with Crippen molar-refractivity contribution in [3.63, 3.8) is 0 Å². The summed E-state index contributed by atoms with van der Waals surface area (Å²) in [6.07, 6.45) is 6.68. The molecule has 0 N–H and O–H groups in total. The maximum atomic E-state index is 5.96. The maximum absolute atomic E-state index is 5.96. The largest absolute Gasteiger partial charge is 0.309 e. The second-order valence-corrected chi connectivity index (χ2v) is 5.98. The van der Waals surface area contributed by atoms with Crippen molar-refractivity contribution in [2.24, 2.45) is 0 Å². The summed E-state index contributed by atoms with van der Waals surface area (Å²) in [7, 11) is 4.30. The minimum absolute atomic E-state index is 0.459. The first-order chi connectivity index (χ1) is 8.12. The topological polar surface area (TPSA) is 3.24 Å². The minimum Gasteiger partial charge on any atom is -0.309 e. The van der Waals surface area contributed by atoms with Crippen LogP contribution in [0.5, 0.6) is 0 Å². The van der Waals surface area contributed by atoms with Crippen LogP contribution in [0.4, 0.5) is 0 Å². The van der Waals surface area contributed by atoms with E-state index in [1.165, 1.54) is 44.2 Å². The minimum atomic E-state index is 0.459. The van der Waals surface area contributed by atoms with E-state index in [1.54, 1.807) is 0 Å². The van der Waals surface area contributed by atoms with Crippen LogP contribution in [0.15, 0.2) is 24.3 Å². The predicted molar refractivity (Wildman–Crippen MR) is 74.8 cm³/mol. The van der Waals surface area contributed by atoms with E-state index in [-0.39, 0.29) is 0 Å². The van der Waals surface area contributed by atoms with Gasteiger partial charge < -0.3 is 4.90 Å². The van der Waals surface area contributed by atoms with Gasteiger partial charge >= 0.3 is 0 Å². The smallest absolute Gasteiger partial charge is 0.0406 e. The molecule has 1 aliphatic carbocycles. The van der Waals surface area contributed by atoms with Gasteiger partial charge in [-0.25, -0.2) is 0 Å². The van der Waals surface area contributed by atoms with Crippen LogP contribution >= 0.6 is 11.6 Å². The van der Waals surface area contributed by atoms with Crippen LogP contribution in [0.3, 0.4) is 0 Å². The Morgan fingerprint density at radius 3 is 2.29 bits per heavy atom. The molecule has 17 heavy (non-hydrogen) atoms. The molecule has 0 unspecified atom stereocenters. The second kappa shape index (κ2) is 5.41. The molecule has 0 aliphatic heterocycles. The van der Waals surface area contributed by atoms with Gasteiger partial charge in [-0.15, -0.1) is 0 Å². The van der Waals surface area contributed by atoms with Crippen LogP contribution in [0, 0.1) is 0 Å². The Kier molecular flexibility index (Phi) is 4.11. The molecule has 1 saturated carbocycles. The fraction of sp³-hybridized carbons (Fsp3) is 0.600. The molecule has 0 saturated heterocycles. The normalized spacial score (nSPS) is 18.1. The van der Waals surface area contributed by atoms with Gasteiger partial charge in [0.1, 0.15) is 0 Å². The molecule has 0 heterocycles. The third-order valence-electron chi connectivity index (χ3n) is 4.03. The van der Waals surface area contributed by atoms with Crippen LogP contribution in [0.25, 0.3) is 0 Å². The first kappa shape index (κ1) is 12.9. The van der Waals surface area contributed by atoms with Gasteiger partial charge in [0.05, 0.1) is 0 Å². The molecular formula is C15H22ClN. The standard InChI is InChI=1S/C15H22ClN/c1-17(2)12-4-11-15(9-3-10-15)13-5-7-14(16)8-6-13/h5-8H,3-4,9-12H2,1-2H3. The van der Waals surface area contributed by atoms with E-state index in [0.29, 0.717) is 5.41 Å². The van der Waals surface area contributed by atoms with E-state index >= 15 is 0 Å². The molecule has 1 nitrogen and oxygen atoms in total. The van der Waals surface area contributed by atoms with Crippen molar-refractivity contribution in [1.29, 1.82) is 0 Å². The van der Waals surface area contributed by atoms with Crippen LogP contribution in [-0.2, 0) is 5.41 Å². The Balaban J connectivity index is 2.01. The Morgan fingerprint density at radius 1 is 1.18 bits per heavy atom. The quantitative estimate of drug-likeness (QED) is 0.762. The molecule has 1 aliphatic rings. The first-order valence-corrected chi connectivity index (χ1v) is 6.91. The SMILES string of the molecule is CN(C)CCCC1(c2ccc(Cl)cc2)CCC1. The van der Waals surface area contributed by atoms with Gasteiger partial charge in [0.15, 0.2) is 0 Å². The van der Waals surface area contributed by atoms with Gasteiger partial charge in [0.2, 0.25) is 0 Å². The van der Waals surface area contributed by atoms with Crippen molar-refractivity contribution in [3.05, 3.63) is 34.9 Å². The highest BCUT2D eigenvalue weighted by atomic mass is 35.5. The molecule has 0 atom stereocenters.